The summed E-state index contributed by atoms with van der Waals surface area (Å²) < 4.78 is 10.3. The van der Waals surface area contributed by atoms with Crippen molar-refractivity contribution in [3.63, 3.8) is 0 Å². The van der Waals surface area contributed by atoms with E-state index < -0.39 is 28.4 Å². The molecule has 2 aromatic rings. The molecular formula is C17H17N3O6. The Kier molecular flexibility index (Phi) is 6.10. The molecule has 0 aliphatic heterocycles. The van der Waals surface area contributed by atoms with Crippen molar-refractivity contribution in [2.45, 2.75) is 13.0 Å². The van der Waals surface area contributed by atoms with Crippen molar-refractivity contribution < 1.29 is 24.3 Å². The molecule has 0 aliphatic rings. The standard InChI is InChI=1S/C17H17N3O6/c1-11(26-13-6-4-3-5-7-13)17(22)19-18-10-12-8-14(20(23)24)16(21)15(9-12)25-2/h3-11,21H,1-2H3,(H,19,22)/b18-10+. The number of carbonyl (C=O) groups excluding carboxylic acids is 1. The van der Waals surface area contributed by atoms with Crippen molar-refractivity contribution in [3.05, 3.63) is 58.1 Å². The molecule has 2 N–H and O–H groups in total. The largest absolute Gasteiger partial charge is 0.500 e. The van der Waals surface area contributed by atoms with E-state index in [1.165, 1.54) is 19.4 Å². The van der Waals surface area contributed by atoms with E-state index in [1.54, 1.807) is 31.2 Å². The quantitative estimate of drug-likeness (QED) is 0.444. The van der Waals surface area contributed by atoms with Crippen LogP contribution in [0.15, 0.2) is 47.6 Å². The van der Waals surface area contributed by atoms with E-state index in [0.717, 1.165) is 6.07 Å². The Balaban J connectivity index is 2.04. The molecule has 9 heteroatoms. The number of hydrogen-bond donors (Lipinski definition) is 2. The number of amides is 1. The summed E-state index contributed by atoms with van der Waals surface area (Å²) >= 11 is 0. The second-order valence-electron chi connectivity index (χ2n) is 5.16. The van der Waals surface area contributed by atoms with Gasteiger partial charge in [-0.05, 0) is 25.1 Å². The Bertz CT molecular complexity index is 823. The van der Waals surface area contributed by atoms with Crippen LogP contribution < -0.4 is 14.9 Å². The zero-order valence-corrected chi connectivity index (χ0v) is 14.1. The average Bonchev–Trinajstić information content (AvgIpc) is 2.63. The fourth-order valence-electron chi connectivity index (χ4n) is 2.00. The van der Waals surface area contributed by atoms with Gasteiger partial charge in [-0.2, -0.15) is 5.10 Å². The van der Waals surface area contributed by atoms with Crippen LogP contribution >= 0.6 is 0 Å². The third kappa shape index (κ3) is 4.69. The van der Waals surface area contributed by atoms with Crippen molar-refractivity contribution in [1.29, 1.82) is 0 Å². The van der Waals surface area contributed by atoms with Crippen molar-refractivity contribution in [2.75, 3.05) is 7.11 Å². The van der Waals surface area contributed by atoms with Crippen LogP contribution in [0.4, 0.5) is 5.69 Å². The lowest BCUT2D eigenvalue weighted by molar-refractivity contribution is -0.386. The molecule has 0 spiro atoms. The normalized spacial score (nSPS) is 11.8. The molecule has 0 saturated heterocycles. The van der Waals surface area contributed by atoms with Gasteiger partial charge in [-0.25, -0.2) is 5.43 Å². The van der Waals surface area contributed by atoms with Gasteiger partial charge in [0, 0.05) is 11.6 Å². The number of benzene rings is 2. The van der Waals surface area contributed by atoms with Gasteiger partial charge in [-0.3, -0.25) is 14.9 Å². The number of nitrogens with zero attached hydrogens (tertiary/aromatic N) is 2. The maximum absolute atomic E-state index is 12.0. The van der Waals surface area contributed by atoms with Gasteiger partial charge < -0.3 is 14.6 Å². The van der Waals surface area contributed by atoms with Crippen LogP contribution in [0, 0.1) is 10.1 Å². The zero-order valence-electron chi connectivity index (χ0n) is 14.1. The van der Waals surface area contributed by atoms with Gasteiger partial charge in [0.2, 0.25) is 5.75 Å². The summed E-state index contributed by atoms with van der Waals surface area (Å²) in [5, 5.41) is 24.4. The maximum Gasteiger partial charge on any atom is 0.315 e. The first-order valence-corrected chi connectivity index (χ1v) is 7.52. The van der Waals surface area contributed by atoms with Crippen LogP contribution in [0.25, 0.3) is 0 Å². The summed E-state index contributed by atoms with van der Waals surface area (Å²) in [4.78, 5) is 22.2. The first-order chi connectivity index (χ1) is 12.4. The summed E-state index contributed by atoms with van der Waals surface area (Å²) in [6, 6.07) is 11.3. The van der Waals surface area contributed by atoms with Crippen LogP contribution in [0.2, 0.25) is 0 Å². The number of rotatable bonds is 7. The SMILES string of the molecule is COc1cc(/C=N/NC(=O)C(C)Oc2ccccc2)cc([N+](=O)[O-])c1O. The van der Waals surface area contributed by atoms with E-state index in [9.17, 15) is 20.0 Å². The smallest absolute Gasteiger partial charge is 0.315 e. The second kappa shape index (κ2) is 8.47. The minimum Gasteiger partial charge on any atom is -0.500 e. The van der Waals surface area contributed by atoms with Crippen LogP contribution in [0.1, 0.15) is 12.5 Å². The van der Waals surface area contributed by atoms with Gasteiger partial charge in [-0.1, -0.05) is 18.2 Å². The number of carbonyl (C=O) groups is 1. The number of ether oxygens (including phenoxy) is 2. The molecule has 0 fully saturated rings. The Morgan fingerprint density at radius 3 is 2.65 bits per heavy atom. The van der Waals surface area contributed by atoms with Crippen molar-refractivity contribution in [3.8, 4) is 17.2 Å². The predicted molar refractivity (Wildman–Crippen MR) is 93.6 cm³/mol. The lowest BCUT2D eigenvalue weighted by Gasteiger charge is -2.12. The number of nitro benzene ring substituents is 1. The average molecular weight is 359 g/mol. The minimum absolute atomic E-state index is 0.0762. The molecule has 0 saturated carbocycles. The number of hydrogen-bond acceptors (Lipinski definition) is 7. The summed E-state index contributed by atoms with van der Waals surface area (Å²) in [6.07, 6.45) is 0.403. The van der Waals surface area contributed by atoms with Crippen LogP contribution in [0.5, 0.6) is 17.2 Å². The molecule has 1 amide bonds. The molecule has 136 valence electrons. The molecule has 9 nitrogen and oxygen atoms in total. The number of phenols is 1. The molecule has 0 bridgehead atoms. The fourth-order valence-corrected chi connectivity index (χ4v) is 2.00. The zero-order chi connectivity index (χ0) is 19.1. The Morgan fingerprint density at radius 2 is 2.04 bits per heavy atom. The number of para-hydroxylation sites is 1. The first kappa shape index (κ1) is 18.7. The van der Waals surface area contributed by atoms with E-state index in [1.807, 2.05) is 6.07 Å². The number of methoxy groups -OCH3 is 1. The third-order valence-corrected chi connectivity index (χ3v) is 3.31. The number of aromatic hydroxyl groups is 1. The van der Waals surface area contributed by atoms with Crippen LogP contribution in [-0.2, 0) is 4.79 Å². The molecule has 0 heterocycles. The number of nitrogens with one attached hydrogen (secondary N) is 1. The Morgan fingerprint density at radius 1 is 1.35 bits per heavy atom. The highest BCUT2D eigenvalue weighted by Crippen LogP contribution is 2.36. The van der Waals surface area contributed by atoms with Gasteiger partial charge in [0.05, 0.1) is 18.2 Å². The molecule has 0 radical (unpaired) electrons. The Labute approximate surface area is 149 Å². The third-order valence-electron chi connectivity index (χ3n) is 3.31. The second-order valence-corrected chi connectivity index (χ2v) is 5.16. The highest BCUT2D eigenvalue weighted by molar-refractivity contribution is 5.86. The molecular weight excluding hydrogens is 342 g/mol. The van der Waals surface area contributed by atoms with Crippen molar-refractivity contribution in [1.82, 2.24) is 5.43 Å². The number of hydrazone groups is 1. The molecule has 2 aromatic carbocycles. The van der Waals surface area contributed by atoms with Crippen LogP contribution in [0.3, 0.4) is 0 Å². The van der Waals surface area contributed by atoms with Gasteiger partial charge in [0.25, 0.3) is 5.91 Å². The summed E-state index contributed by atoms with van der Waals surface area (Å²) in [6.45, 7) is 1.56. The maximum atomic E-state index is 12.0. The molecule has 0 aromatic heterocycles. The summed E-state index contributed by atoms with van der Waals surface area (Å²) in [7, 11) is 1.27. The molecule has 1 atom stereocenters. The highest BCUT2D eigenvalue weighted by Gasteiger charge is 2.19. The van der Waals surface area contributed by atoms with Crippen molar-refractivity contribution in [2.24, 2.45) is 5.10 Å². The lowest BCUT2D eigenvalue weighted by Crippen LogP contribution is -2.33. The Hall–Kier alpha value is -3.62. The fraction of sp³-hybridized carbons (Fsp3) is 0.176. The molecule has 26 heavy (non-hydrogen) atoms. The van der Waals surface area contributed by atoms with E-state index in [4.69, 9.17) is 9.47 Å². The molecule has 1 unspecified atom stereocenters. The lowest BCUT2D eigenvalue weighted by atomic mass is 10.2. The van der Waals surface area contributed by atoms with Gasteiger partial charge in [0.15, 0.2) is 11.9 Å². The monoisotopic (exact) mass is 359 g/mol. The van der Waals surface area contributed by atoms with Crippen molar-refractivity contribution >= 4 is 17.8 Å². The van der Waals surface area contributed by atoms with Gasteiger partial charge in [0.1, 0.15) is 5.75 Å². The number of phenolic OH excluding ortho intramolecular Hbond substituents is 1. The van der Waals surface area contributed by atoms with E-state index in [2.05, 4.69) is 10.5 Å². The van der Waals surface area contributed by atoms with Gasteiger partial charge in [-0.15, -0.1) is 0 Å². The summed E-state index contributed by atoms with van der Waals surface area (Å²) in [5.74, 6) is -0.611. The molecule has 0 aliphatic carbocycles. The van der Waals surface area contributed by atoms with E-state index in [0.29, 0.717) is 5.75 Å². The minimum atomic E-state index is -0.793. The van der Waals surface area contributed by atoms with Crippen LogP contribution in [-0.4, -0.2) is 35.4 Å². The van der Waals surface area contributed by atoms with Gasteiger partial charge >= 0.3 is 5.69 Å². The first-order valence-electron chi connectivity index (χ1n) is 7.52. The van der Waals surface area contributed by atoms with E-state index in [-0.39, 0.29) is 11.3 Å². The van der Waals surface area contributed by atoms with E-state index >= 15 is 0 Å². The highest BCUT2D eigenvalue weighted by atomic mass is 16.6. The summed E-state index contributed by atoms with van der Waals surface area (Å²) in [5.41, 5.74) is 2.02. The number of nitro groups is 1. The molecule has 2 rings (SSSR count). The topological polar surface area (TPSA) is 123 Å². The predicted octanol–water partition coefficient (Wildman–Crippen LogP) is 2.23.